The molecule has 132 valence electrons. The van der Waals surface area contributed by atoms with Crippen LogP contribution in [0, 0.1) is 0 Å². The monoisotopic (exact) mass is 369 g/mol. The van der Waals surface area contributed by atoms with E-state index in [4.69, 9.17) is 19.6 Å². The van der Waals surface area contributed by atoms with E-state index in [9.17, 15) is 9.59 Å². The summed E-state index contributed by atoms with van der Waals surface area (Å²) in [4.78, 5) is 26.1. The van der Waals surface area contributed by atoms with E-state index in [-0.39, 0.29) is 23.6 Å². The molecular formula is C19H15NO5S. The summed E-state index contributed by atoms with van der Waals surface area (Å²) in [5.41, 5.74) is 6.29. The number of hydrogen-bond donors (Lipinski definition) is 1. The highest BCUT2D eigenvalue weighted by Crippen LogP contribution is 2.45. The van der Waals surface area contributed by atoms with Gasteiger partial charge in [0.25, 0.3) is 0 Å². The van der Waals surface area contributed by atoms with Crippen LogP contribution in [0.15, 0.2) is 62.4 Å². The lowest BCUT2D eigenvalue weighted by molar-refractivity contribution is -0.139. The molecule has 0 saturated heterocycles. The van der Waals surface area contributed by atoms with Crippen LogP contribution in [0.3, 0.4) is 0 Å². The second-order valence-corrected chi connectivity index (χ2v) is 6.66. The average molecular weight is 369 g/mol. The Morgan fingerprint density at radius 3 is 2.81 bits per heavy atom. The second-order valence-electron chi connectivity index (χ2n) is 5.68. The lowest BCUT2D eigenvalue weighted by Crippen LogP contribution is -2.30. The van der Waals surface area contributed by atoms with E-state index in [1.165, 1.54) is 11.3 Å². The van der Waals surface area contributed by atoms with Gasteiger partial charge < -0.3 is 19.6 Å². The van der Waals surface area contributed by atoms with Crippen LogP contribution in [0.5, 0.6) is 5.75 Å². The van der Waals surface area contributed by atoms with E-state index in [0.717, 1.165) is 4.88 Å². The summed E-state index contributed by atoms with van der Waals surface area (Å²) in [7, 11) is 0. The van der Waals surface area contributed by atoms with Gasteiger partial charge in [0.15, 0.2) is 5.75 Å². The molecular weight excluding hydrogens is 354 g/mol. The Hall–Kier alpha value is -3.06. The molecule has 4 rings (SSSR count). The number of hydrogen-bond acceptors (Lipinski definition) is 7. The van der Waals surface area contributed by atoms with Crippen LogP contribution in [0.1, 0.15) is 23.3 Å². The van der Waals surface area contributed by atoms with Gasteiger partial charge in [-0.2, -0.15) is 0 Å². The predicted octanol–water partition coefficient (Wildman–Crippen LogP) is 3.11. The Kier molecular flexibility index (Phi) is 4.00. The van der Waals surface area contributed by atoms with Crippen LogP contribution in [0.25, 0.3) is 11.0 Å². The van der Waals surface area contributed by atoms with E-state index in [1.807, 2.05) is 23.6 Å². The van der Waals surface area contributed by atoms with Crippen molar-refractivity contribution in [2.45, 2.75) is 12.8 Å². The van der Waals surface area contributed by atoms with Gasteiger partial charge in [-0.1, -0.05) is 18.2 Å². The zero-order valence-corrected chi connectivity index (χ0v) is 14.7. The summed E-state index contributed by atoms with van der Waals surface area (Å²) >= 11 is 1.41. The zero-order valence-electron chi connectivity index (χ0n) is 13.9. The number of carbonyl (C=O) groups is 1. The lowest BCUT2D eigenvalue weighted by atomic mass is 9.87. The molecule has 26 heavy (non-hydrogen) atoms. The minimum Gasteiger partial charge on any atom is -0.462 e. The van der Waals surface area contributed by atoms with Crippen molar-refractivity contribution in [2.75, 3.05) is 6.61 Å². The van der Waals surface area contributed by atoms with Gasteiger partial charge in [0.1, 0.15) is 11.2 Å². The molecule has 0 amide bonds. The molecule has 0 radical (unpaired) electrons. The maximum atomic E-state index is 12.8. The van der Waals surface area contributed by atoms with Crippen LogP contribution in [-0.4, -0.2) is 12.6 Å². The average Bonchev–Trinajstić information content (AvgIpc) is 3.15. The molecule has 1 aliphatic heterocycles. The molecule has 1 aromatic carbocycles. The van der Waals surface area contributed by atoms with Gasteiger partial charge in [-0.15, -0.1) is 11.3 Å². The maximum Gasteiger partial charge on any atom is 0.344 e. The quantitative estimate of drug-likeness (QED) is 0.563. The second kappa shape index (κ2) is 6.34. The summed E-state index contributed by atoms with van der Waals surface area (Å²) in [5.74, 6) is -1.05. The number of fused-ring (bicyclic) bond motifs is 3. The van der Waals surface area contributed by atoms with Crippen molar-refractivity contribution in [1.29, 1.82) is 0 Å². The Morgan fingerprint density at radius 2 is 2.08 bits per heavy atom. The first-order valence-corrected chi connectivity index (χ1v) is 8.93. The molecule has 6 nitrogen and oxygen atoms in total. The molecule has 7 heteroatoms. The first kappa shape index (κ1) is 16.4. The first-order valence-electron chi connectivity index (χ1n) is 8.05. The third-order valence-electron chi connectivity index (χ3n) is 4.18. The lowest BCUT2D eigenvalue weighted by Gasteiger charge is -2.27. The van der Waals surface area contributed by atoms with Crippen molar-refractivity contribution in [3.05, 3.63) is 74.1 Å². The molecule has 0 bridgehead atoms. The Bertz CT molecular complexity index is 1080. The van der Waals surface area contributed by atoms with Crippen LogP contribution in [0.2, 0.25) is 0 Å². The fraction of sp³-hybridized carbons (Fsp3) is 0.158. The number of benzene rings is 1. The minimum absolute atomic E-state index is 0.0647. The van der Waals surface area contributed by atoms with Gasteiger partial charge in [-0.05, 0) is 30.5 Å². The molecule has 0 fully saturated rings. The topological polar surface area (TPSA) is 91.8 Å². The fourth-order valence-electron chi connectivity index (χ4n) is 3.11. The number of nitrogens with two attached hydrogens (primary N) is 1. The Morgan fingerprint density at radius 1 is 1.27 bits per heavy atom. The molecule has 3 heterocycles. The van der Waals surface area contributed by atoms with Crippen molar-refractivity contribution in [3.63, 3.8) is 0 Å². The van der Waals surface area contributed by atoms with E-state index in [2.05, 4.69) is 0 Å². The molecule has 1 atom stereocenters. The van der Waals surface area contributed by atoms with E-state index >= 15 is 0 Å². The molecule has 0 spiro atoms. The van der Waals surface area contributed by atoms with Crippen molar-refractivity contribution in [1.82, 2.24) is 0 Å². The number of thiophene rings is 1. The molecule has 2 N–H and O–H groups in total. The summed E-state index contributed by atoms with van der Waals surface area (Å²) in [6.45, 7) is 1.89. The SMILES string of the molecule is CCOC(=O)C1=C(N)Oc2c(c(=O)oc3ccccc23)C1c1cccs1. The largest absolute Gasteiger partial charge is 0.462 e. The Labute approximate surface area is 152 Å². The van der Waals surface area contributed by atoms with Gasteiger partial charge >= 0.3 is 11.6 Å². The van der Waals surface area contributed by atoms with E-state index in [1.54, 1.807) is 25.1 Å². The van der Waals surface area contributed by atoms with Crippen molar-refractivity contribution in [2.24, 2.45) is 5.73 Å². The maximum absolute atomic E-state index is 12.8. The molecule has 0 aliphatic carbocycles. The molecule has 2 aromatic heterocycles. The van der Waals surface area contributed by atoms with Crippen LogP contribution >= 0.6 is 11.3 Å². The van der Waals surface area contributed by atoms with Gasteiger partial charge in [0.2, 0.25) is 5.88 Å². The number of esters is 1. The van der Waals surface area contributed by atoms with Crippen molar-refractivity contribution >= 4 is 28.3 Å². The first-order chi connectivity index (χ1) is 12.6. The zero-order chi connectivity index (χ0) is 18.3. The summed E-state index contributed by atoms with van der Waals surface area (Å²) < 4.78 is 16.3. The van der Waals surface area contributed by atoms with Crippen LogP contribution in [-0.2, 0) is 9.53 Å². The van der Waals surface area contributed by atoms with Crippen LogP contribution in [0.4, 0.5) is 0 Å². The number of para-hydroxylation sites is 1. The van der Waals surface area contributed by atoms with Gasteiger partial charge in [-0.3, -0.25) is 0 Å². The predicted molar refractivity (Wildman–Crippen MR) is 97.1 cm³/mol. The molecule has 3 aromatic rings. The summed E-state index contributed by atoms with van der Waals surface area (Å²) in [5, 5.41) is 2.49. The fourth-order valence-corrected chi connectivity index (χ4v) is 3.96. The van der Waals surface area contributed by atoms with Gasteiger partial charge in [0, 0.05) is 4.88 Å². The standard InChI is InChI=1S/C19H15NO5S/c1-2-23-18(21)15-13(12-8-5-9-26-12)14-16(25-17(15)20)10-6-3-4-7-11(10)24-19(14)22/h3-9,13H,2,20H2,1H3. The van der Waals surface area contributed by atoms with Gasteiger partial charge in [0.05, 0.1) is 23.5 Å². The minimum atomic E-state index is -0.696. The number of rotatable bonds is 3. The van der Waals surface area contributed by atoms with E-state index in [0.29, 0.717) is 16.7 Å². The van der Waals surface area contributed by atoms with Gasteiger partial charge in [-0.25, -0.2) is 9.59 Å². The highest BCUT2D eigenvalue weighted by molar-refractivity contribution is 7.10. The highest BCUT2D eigenvalue weighted by Gasteiger charge is 2.39. The normalized spacial score (nSPS) is 16.3. The smallest absolute Gasteiger partial charge is 0.344 e. The summed E-state index contributed by atoms with van der Waals surface area (Å²) in [6.07, 6.45) is 0. The highest BCUT2D eigenvalue weighted by atomic mass is 32.1. The molecule has 1 aliphatic rings. The molecule has 1 unspecified atom stereocenters. The number of carbonyl (C=O) groups excluding carboxylic acids is 1. The third-order valence-corrected chi connectivity index (χ3v) is 5.11. The summed E-state index contributed by atoms with van der Waals surface area (Å²) in [6, 6.07) is 10.7. The third kappa shape index (κ3) is 2.48. The van der Waals surface area contributed by atoms with E-state index < -0.39 is 17.5 Å². The molecule has 0 saturated carbocycles. The van der Waals surface area contributed by atoms with Crippen molar-refractivity contribution < 1.29 is 18.7 Å². The Balaban J connectivity index is 2.03. The van der Waals surface area contributed by atoms with Crippen molar-refractivity contribution in [3.8, 4) is 5.75 Å². The van der Waals surface area contributed by atoms with Crippen LogP contribution < -0.4 is 16.1 Å². The number of ether oxygens (including phenoxy) is 2.